The molecule has 0 radical (unpaired) electrons. The van der Waals surface area contributed by atoms with Crippen molar-refractivity contribution in [3.63, 3.8) is 0 Å². The molecule has 6 heteroatoms. The quantitative estimate of drug-likeness (QED) is 0.872. The Balaban J connectivity index is 0.00000225. The van der Waals surface area contributed by atoms with Crippen LogP contribution >= 0.6 is 12.4 Å². The summed E-state index contributed by atoms with van der Waals surface area (Å²) in [6.45, 7) is -0.0812. The van der Waals surface area contributed by atoms with Gasteiger partial charge < -0.3 is 10.8 Å². The first kappa shape index (κ1) is 15.2. The molecule has 0 bridgehead atoms. The minimum absolute atomic E-state index is 0. The molecule has 1 atom stereocenters. The molecular formula is C10H13ClF3NO. The Labute approximate surface area is 97.7 Å². The van der Waals surface area contributed by atoms with Crippen LogP contribution in [-0.2, 0) is 6.18 Å². The first-order valence-corrected chi connectivity index (χ1v) is 4.48. The topological polar surface area (TPSA) is 46.2 Å². The van der Waals surface area contributed by atoms with E-state index in [0.717, 1.165) is 12.1 Å². The zero-order chi connectivity index (χ0) is 11.5. The van der Waals surface area contributed by atoms with Crippen molar-refractivity contribution in [3.05, 3.63) is 35.4 Å². The third kappa shape index (κ3) is 4.00. The number of nitrogens with two attached hydrogens (primary N) is 1. The van der Waals surface area contributed by atoms with E-state index in [-0.39, 0.29) is 19.0 Å². The van der Waals surface area contributed by atoms with E-state index in [1.807, 2.05) is 0 Å². The number of hydrogen-bond donors (Lipinski definition) is 2. The molecule has 92 valence electrons. The lowest BCUT2D eigenvalue weighted by atomic mass is 10.0. The van der Waals surface area contributed by atoms with Crippen molar-refractivity contribution in [2.45, 2.75) is 18.6 Å². The molecule has 3 N–H and O–H groups in total. The van der Waals surface area contributed by atoms with Gasteiger partial charge in [0.2, 0.25) is 0 Å². The second-order valence-electron chi connectivity index (χ2n) is 3.24. The van der Waals surface area contributed by atoms with Crippen LogP contribution in [0.1, 0.15) is 23.6 Å². The highest BCUT2D eigenvalue weighted by Crippen LogP contribution is 2.29. The predicted molar refractivity (Wildman–Crippen MR) is 57.3 cm³/mol. The minimum atomic E-state index is -4.32. The summed E-state index contributed by atoms with van der Waals surface area (Å²) >= 11 is 0. The van der Waals surface area contributed by atoms with Crippen LogP contribution in [0.2, 0.25) is 0 Å². The fourth-order valence-corrected chi connectivity index (χ4v) is 1.23. The third-order valence-electron chi connectivity index (χ3n) is 2.11. The summed E-state index contributed by atoms with van der Waals surface area (Å²) in [5, 5.41) is 8.62. The van der Waals surface area contributed by atoms with Gasteiger partial charge in [-0.1, -0.05) is 12.1 Å². The van der Waals surface area contributed by atoms with E-state index in [4.69, 9.17) is 10.8 Å². The fraction of sp³-hybridized carbons (Fsp3) is 0.400. The molecule has 16 heavy (non-hydrogen) atoms. The van der Waals surface area contributed by atoms with Crippen molar-refractivity contribution in [2.75, 3.05) is 6.61 Å². The third-order valence-corrected chi connectivity index (χ3v) is 2.11. The van der Waals surface area contributed by atoms with Crippen LogP contribution in [0.4, 0.5) is 13.2 Å². The molecule has 1 aromatic rings. The van der Waals surface area contributed by atoms with Gasteiger partial charge in [0.25, 0.3) is 0 Å². The molecule has 0 saturated carbocycles. The van der Waals surface area contributed by atoms with Crippen molar-refractivity contribution in [1.82, 2.24) is 0 Å². The average molecular weight is 256 g/mol. The van der Waals surface area contributed by atoms with Gasteiger partial charge in [0.15, 0.2) is 0 Å². The van der Waals surface area contributed by atoms with Crippen molar-refractivity contribution in [3.8, 4) is 0 Å². The summed E-state index contributed by atoms with van der Waals surface area (Å²) < 4.78 is 36.6. The number of aliphatic hydroxyl groups is 1. The number of benzene rings is 1. The lowest BCUT2D eigenvalue weighted by Gasteiger charge is -2.12. The number of hydrogen-bond acceptors (Lipinski definition) is 2. The van der Waals surface area contributed by atoms with Gasteiger partial charge in [-0.05, 0) is 24.1 Å². The lowest BCUT2D eigenvalue weighted by Crippen LogP contribution is -2.12. The van der Waals surface area contributed by atoms with Crippen molar-refractivity contribution < 1.29 is 18.3 Å². The smallest absolute Gasteiger partial charge is 0.396 e. The average Bonchev–Trinajstić information content (AvgIpc) is 2.17. The van der Waals surface area contributed by atoms with E-state index in [9.17, 15) is 13.2 Å². The lowest BCUT2D eigenvalue weighted by molar-refractivity contribution is -0.137. The standard InChI is InChI=1S/C10H12F3NO.ClH/c11-10(12,13)8-3-1-7(2-4-8)9(14)5-6-15;/h1-4,9,15H,5-6,14H2;1H/t9-;/m0./s1. The van der Waals surface area contributed by atoms with Crippen LogP contribution in [0.3, 0.4) is 0 Å². The maximum absolute atomic E-state index is 12.2. The predicted octanol–water partition coefficient (Wildman–Crippen LogP) is 2.51. The van der Waals surface area contributed by atoms with Crippen LogP contribution in [0.5, 0.6) is 0 Å². The Hall–Kier alpha value is -0.780. The van der Waals surface area contributed by atoms with E-state index in [1.54, 1.807) is 0 Å². The largest absolute Gasteiger partial charge is 0.416 e. The number of aliphatic hydroxyl groups excluding tert-OH is 1. The maximum Gasteiger partial charge on any atom is 0.416 e. The molecule has 0 aliphatic rings. The molecule has 0 aromatic heterocycles. The number of alkyl halides is 3. The molecule has 0 saturated heterocycles. The monoisotopic (exact) mass is 255 g/mol. The summed E-state index contributed by atoms with van der Waals surface area (Å²) in [5.41, 5.74) is 5.53. The number of halogens is 4. The highest BCUT2D eigenvalue weighted by atomic mass is 35.5. The zero-order valence-electron chi connectivity index (χ0n) is 8.37. The van der Waals surface area contributed by atoms with Gasteiger partial charge in [0.1, 0.15) is 0 Å². The summed E-state index contributed by atoms with van der Waals surface area (Å²) in [6, 6.07) is 4.24. The Kier molecular flexibility index (Phi) is 5.78. The number of rotatable bonds is 3. The maximum atomic E-state index is 12.2. The van der Waals surface area contributed by atoms with Crippen LogP contribution in [0, 0.1) is 0 Å². The van der Waals surface area contributed by atoms with Crippen molar-refractivity contribution in [1.29, 1.82) is 0 Å². The Bertz CT molecular complexity index is 313. The van der Waals surface area contributed by atoms with Gasteiger partial charge in [-0.25, -0.2) is 0 Å². The van der Waals surface area contributed by atoms with Gasteiger partial charge in [0.05, 0.1) is 5.56 Å². The van der Waals surface area contributed by atoms with Gasteiger partial charge >= 0.3 is 6.18 Å². The zero-order valence-corrected chi connectivity index (χ0v) is 9.18. The van der Waals surface area contributed by atoms with Crippen LogP contribution in [-0.4, -0.2) is 11.7 Å². The molecule has 2 nitrogen and oxygen atoms in total. The normalized spacial score (nSPS) is 13.1. The molecule has 1 rings (SSSR count). The Morgan fingerprint density at radius 2 is 1.69 bits per heavy atom. The van der Waals surface area contributed by atoms with Gasteiger partial charge in [-0.15, -0.1) is 12.4 Å². The van der Waals surface area contributed by atoms with Gasteiger partial charge in [0, 0.05) is 12.6 Å². The van der Waals surface area contributed by atoms with E-state index in [1.165, 1.54) is 12.1 Å². The molecule has 1 aromatic carbocycles. The van der Waals surface area contributed by atoms with E-state index < -0.39 is 17.8 Å². The first-order valence-electron chi connectivity index (χ1n) is 4.48. The fourth-order valence-electron chi connectivity index (χ4n) is 1.23. The molecule has 0 spiro atoms. The van der Waals surface area contributed by atoms with E-state index >= 15 is 0 Å². The van der Waals surface area contributed by atoms with Crippen LogP contribution in [0.25, 0.3) is 0 Å². The van der Waals surface area contributed by atoms with Crippen LogP contribution in [0.15, 0.2) is 24.3 Å². The summed E-state index contributed by atoms with van der Waals surface area (Å²) in [4.78, 5) is 0. The molecular weight excluding hydrogens is 243 g/mol. The summed E-state index contributed by atoms with van der Waals surface area (Å²) in [5.74, 6) is 0. The van der Waals surface area contributed by atoms with Crippen molar-refractivity contribution in [2.24, 2.45) is 5.73 Å². The SMILES string of the molecule is Cl.N[C@@H](CCO)c1ccc(C(F)(F)F)cc1. The van der Waals surface area contributed by atoms with Gasteiger partial charge in [-0.3, -0.25) is 0 Å². The molecule has 0 aliphatic heterocycles. The molecule has 0 aliphatic carbocycles. The van der Waals surface area contributed by atoms with Gasteiger partial charge in [-0.2, -0.15) is 13.2 Å². The van der Waals surface area contributed by atoms with E-state index in [0.29, 0.717) is 12.0 Å². The molecule has 0 unspecified atom stereocenters. The molecule has 0 amide bonds. The Morgan fingerprint density at radius 1 is 1.19 bits per heavy atom. The second kappa shape index (κ2) is 6.08. The Morgan fingerprint density at radius 3 is 2.06 bits per heavy atom. The first-order chi connectivity index (χ1) is 6.95. The van der Waals surface area contributed by atoms with E-state index in [2.05, 4.69) is 0 Å². The summed E-state index contributed by atoms with van der Waals surface area (Å²) in [7, 11) is 0. The minimum Gasteiger partial charge on any atom is -0.396 e. The summed E-state index contributed by atoms with van der Waals surface area (Å²) in [6.07, 6.45) is -3.98. The van der Waals surface area contributed by atoms with Crippen LogP contribution < -0.4 is 5.73 Å². The highest BCUT2D eigenvalue weighted by Gasteiger charge is 2.30. The molecule has 0 heterocycles. The molecule has 0 fully saturated rings. The highest BCUT2D eigenvalue weighted by molar-refractivity contribution is 5.85. The van der Waals surface area contributed by atoms with Crippen molar-refractivity contribution >= 4 is 12.4 Å². The second-order valence-corrected chi connectivity index (χ2v) is 3.24.